The van der Waals surface area contributed by atoms with E-state index in [1.807, 2.05) is 0 Å². The van der Waals surface area contributed by atoms with Gasteiger partial charge in [-0.1, -0.05) is 0 Å². The van der Waals surface area contributed by atoms with Gasteiger partial charge in [-0.15, -0.1) is 0 Å². The van der Waals surface area contributed by atoms with E-state index in [0.29, 0.717) is 4.90 Å². The zero-order valence-corrected chi connectivity index (χ0v) is 14.4. The Morgan fingerprint density at radius 2 is 1.82 bits per heavy atom. The van der Waals surface area contributed by atoms with Crippen LogP contribution in [0, 0.1) is 21.7 Å². The van der Waals surface area contributed by atoms with Gasteiger partial charge in [0.1, 0.15) is 18.0 Å². The highest BCUT2D eigenvalue weighted by Gasteiger charge is 2.39. The molecular formula is C15H12F2N2O9. The van der Waals surface area contributed by atoms with E-state index in [1.54, 1.807) is 0 Å². The third kappa shape index (κ3) is 3.46. The quantitative estimate of drug-likeness (QED) is 0.429. The van der Waals surface area contributed by atoms with Gasteiger partial charge in [0, 0.05) is 6.07 Å². The molecular weight excluding hydrogens is 390 g/mol. The van der Waals surface area contributed by atoms with Crippen LogP contribution in [0.15, 0.2) is 17.3 Å². The fraction of sp³-hybridized carbons (Fsp3) is 0.267. The molecule has 0 radical (unpaired) electrons. The zero-order valence-electron chi connectivity index (χ0n) is 14.4. The minimum atomic E-state index is -1.94. The number of hydrogen-bond donors (Lipinski definition) is 1. The van der Waals surface area contributed by atoms with Gasteiger partial charge in [0.05, 0.1) is 31.3 Å². The minimum absolute atomic E-state index is 0.289. The van der Waals surface area contributed by atoms with Gasteiger partial charge in [-0.25, -0.2) is 23.2 Å². The molecule has 28 heavy (non-hydrogen) atoms. The van der Waals surface area contributed by atoms with Crippen molar-refractivity contribution in [2.45, 2.75) is 0 Å². The SMILES string of the molecule is COC(=O)C1=C(C(=O)OC)N(c2c([N+](=O)[O-])cc(C(=O)O)c(F)c2F)COC1. The Morgan fingerprint density at radius 1 is 1.21 bits per heavy atom. The molecule has 0 fully saturated rings. The summed E-state index contributed by atoms with van der Waals surface area (Å²) in [5.74, 6) is -8.05. The average molecular weight is 402 g/mol. The lowest BCUT2D eigenvalue weighted by atomic mass is 10.1. The van der Waals surface area contributed by atoms with E-state index >= 15 is 0 Å². The Bertz CT molecular complexity index is 913. The third-order valence-corrected chi connectivity index (χ3v) is 3.69. The number of carbonyl (C=O) groups is 3. The first-order valence-corrected chi connectivity index (χ1v) is 7.30. The number of anilines is 1. The molecule has 0 amide bonds. The van der Waals surface area contributed by atoms with Crippen LogP contribution in [0.4, 0.5) is 20.2 Å². The van der Waals surface area contributed by atoms with Gasteiger partial charge >= 0.3 is 17.9 Å². The summed E-state index contributed by atoms with van der Waals surface area (Å²) in [6.45, 7) is -1.17. The van der Waals surface area contributed by atoms with Crippen molar-refractivity contribution in [2.24, 2.45) is 0 Å². The number of carboxylic acids is 1. The van der Waals surface area contributed by atoms with Gasteiger partial charge in [0.2, 0.25) is 0 Å². The van der Waals surface area contributed by atoms with Crippen molar-refractivity contribution in [3.8, 4) is 0 Å². The van der Waals surface area contributed by atoms with E-state index < -0.39 is 76.0 Å². The number of benzene rings is 1. The van der Waals surface area contributed by atoms with Crippen LogP contribution >= 0.6 is 0 Å². The smallest absolute Gasteiger partial charge is 0.355 e. The largest absolute Gasteiger partial charge is 0.478 e. The van der Waals surface area contributed by atoms with Crippen LogP contribution in [0.1, 0.15) is 10.4 Å². The van der Waals surface area contributed by atoms with E-state index in [2.05, 4.69) is 9.47 Å². The molecule has 1 heterocycles. The number of aromatic carboxylic acids is 1. The van der Waals surface area contributed by atoms with Crippen molar-refractivity contribution in [3.05, 3.63) is 44.6 Å². The summed E-state index contributed by atoms with van der Waals surface area (Å²) in [4.78, 5) is 45.8. The first-order chi connectivity index (χ1) is 13.1. The van der Waals surface area contributed by atoms with Crippen molar-refractivity contribution >= 4 is 29.3 Å². The second-order valence-corrected chi connectivity index (χ2v) is 5.20. The van der Waals surface area contributed by atoms with E-state index in [1.165, 1.54) is 0 Å². The van der Waals surface area contributed by atoms with Gasteiger partial charge in [0.15, 0.2) is 17.3 Å². The highest BCUT2D eigenvalue weighted by Crippen LogP contribution is 2.38. The zero-order chi connectivity index (χ0) is 21.2. The number of methoxy groups -OCH3 is 2. The first kappa shape index (κ1) is 20.7. The van der Waals surface area contributed by atoms with Crippen LogP contribution in [0.2, 0.25) is 0 Å². The average Bonchev–Trinajstić information content (AvgIpc) is 2.67. The fourth-order valence-corrected chi connectivity index (χ4v) is 2.47. The second kappa shape index (κ2) is 7.96. The summed E-state index contributed by atoms with van der Waals surface area (Å²) in [5.41, 5.74) is -4.72. The summed E-state index contributed by atoms with van der Waals surface area (Å²) < 4.78 is 42.9. The summed E-state index contributed by atoms with van der Waals surface area (Å²) in [6, 6.07) is 0.289. The summed E-state index contributed by atoms with van der Waals surface area (Å²) in [6.07, 6.45) is 0. The molecule has 1 N–H and O–H groups in total. The molecule has 0 saturated carbocycles. The van der Waals surface area contributed by atoms with E-state index in [4.69, 9.17) is 9.84 Å². The van der Waals surface area contributed by atoms with Crippen LogP contribution in [0.5, 0.6) is 0 Å². The van der Waals surface area contributed by atoms with Crippen molar-refractivity contribution in [2.75, 3.05) is 32.5 Å². The van der Waals surface area contributed by atoms with E-state index in [-0.39, 0.29) is 6.07 Å². The van der Waals surface area contributed by atoms with Gasteiger partial charge < -0.3 is 24.2 Å². The summed E-state index contributed by atoms with van der Waals surface area (Å²) >= 11 is 0. The molecule has 0 bridgehead atoms. The van der Waals surface area contributed by atoms with Crippen LogP contribution in [-0.2, 0) is 23.8 Å². The Balaban J connectivity index is 2.86. The molecule has 0 saturated heterocycles. The van der Waals surface area contributed by atoms with Gasteiger partial charge in [-0.05, 0) is 0 Å². The normalized spacial score (nSPS) is 13.9. The van der Waals surface area contributed by atoms with Crippen LogP contribution in [0.3, 0.4) is 0 Å². The molecule has 1 aromatic carbocycles. The van der Waals surface area contributed by atoms with Gasteiger partial charge in [0.25, 0.3) is 5.69 Å². The molecule has 2 rings (SSSR count). The van der Waals surface area contributed by atoms with Crippen LogP contribution < -0.4 is 4.90 Å². The first-order valence-electron chi connectivity index (χ1n) is 7.30. The third-order valence-electron chi connectivity index (χ3n) is 3.69. The molecule has 0 aliphatic carbocycles. The Hall–Kier alpha value is -3.61. The van der Waals surface area contributed by atoms with Gasteiger partial charge in [-0.3, -0.25) is 10.1 Å². The number of nitro benzene ring substituents is 1. The highest BCUT2D eigenvalue weighted by molar-refractivity contribution is 6.04. The molecule has 1 aliphatic rings. The Morgan fingerprint density at radius 3 is 2.32 bits per heavy atom. The highest BCUT2D eigenvalue weighted by atomic mass is 19.2. The second-order valence-electron chi connectivity index (χ2n) is 5.20. The molecule has 150 valence electrons. The number of nitrogens with zero attached hydrogens (tertiary/aromatic N) is 2. The van der Waals surface area contributed by atoms with E-state index in [9.17, 15) is 33.3 Å². The van der Waals surface area contributed by atoms with Gasteiger partial charge in [-0.2, -0.15) is 0 Å². The number of halogens is 2. The van der Waals surface area contributed by atoms with Crippen molar-refractivity contribution in [1.82, 2.24) is 0 Å². The predicted octanol–water partition coefficient (Wildman–Crippen LogP) is 0.965. The maximum Gasteiger partial charge on any atom is 0.355 e. The lowest BCUT2D eigenvalue weighted by molar-refractivity contribution is -0.384. The number of carbonyl (C=O) groups excluding carboxylic acids is 2. The topological polar surface area (TPSA) is 146 Å². The maximum atomic E-state index is 14.6. The molecule has 1 aliphatic heterocycles. The molecule has 0 unspecified atom stereocenters. The van der Waals surface area contributed by atoms with Crippen molar-refractivity contribution in [1.29, 1.82) is 0 Å². The molecule has 1 aromatic rings. The fourth-order valence-electron chi connectivity index (χ4n) is 2.47. The number of esters is 2. The van der Waals surface area contributed by atoms with Crippen LogP contribution in [0.25, 0.3) is 0 Å². The Kier molecular flexibility index (Phi) is 5.88. The molecule has 13 heteroatoms. The summed E-state index contributed by atoms with van der Waals surface area (Å²) in [7, 11) is 1.91. The number of rotatable bonds is 5. The number of carboxylic acid groups (broad SMARTS) is 1. The van der Waals surface area contributed by atoms with Crippen molar-refractivity contribution in [3.63, 3.8) is 0 Å². The van der Waals surface area contributed by atoms with Crippen LogP contribution in [-0.4, -0.2) is 55.5 Å². The predicted molar refractivity (Wildman–Crippen MR) is 84.3 cm³/mol. The molecule has 0 aromatic heterocycles. The minimum Gasteiger partial charge on any atom is -0.478 e. The summed E-state index contributed by atoms with van der Waals surface area (Å²) in [5, 5.41) is 20.3. The number of ether oxygens (including phenoxy) is 3. The maximum absolute atomic E-state index is 14.6. The number of nitro groups is 1. The monoisotopic (exact) mass is 402 g/mol. The standard InChI is InChI=1S/C15H12F2N2O9/c1-26-14(22)7-4-28-5-18(11(7)15(23)27-2)12-8(19(24)25)3-6(13(20)21)9(16)10(12)17/h3H,4-5H2,1-2H3,(H,20,21). The van der Waals surface area contributed by atoms with E-state index in [0.717, 1.165) is 14.2 Å². The molecule has 11 nitrogen and oxygen atoms in total. The lowest BCUT2D eigenvalue weighted by Crippen LogP contribution is -2.39. The van der Waals surface area contributed by atoms with Crippen molar-refractivity contribution < 1.29 is 47.4 Å². The lowest BCUT2D eigenvalue weighted by Gasteiger charge is -2.31. The molecule has 0 atom stereocenters. The molecule has 0 spiro atoms. The Labute approximate surface area is 154 Å². The number of hydrogen-bond acceptors (Lipinski definition) is 9.